The minimum Gasteiger partial charge on any atom is -0.352 e. The molecular formula is C20H22N2O3. The molecule has 0 spiro atoms. The number of nitrogens with one attached hydrogen (secondary N) is 1. The van der Waals surface area contributed by atoms with Crippen LogP contribution in [0.15, 0.2) is 46.1 Å². The average Bonchev–Trinajstić information content (AvgIpc) is 2.50. The standard InChI is InChI=1S/C20H22N2O3/c1-10(2)6-7-22-14(23)9-12(4)16-18(22)20(25)17-15(19(16)24)11(3)8-13(5)21-17/h8-10,21H,5-7H2,1-4H3. The molecule has 0 amide bonds. The second-order valence-corrected chi connectivity index (χ2v) is 7.11. The summed E-state index contributed by atoms with van der Waals surface area (Å²) >= 11 is 0. The van der Waals surface area contributed by atoms with Crippen LogP contribution in [0.4, 0.5) is 0 Å². The molecule has 5 heteroatoms. The Bertz CT molecular complexity index is 942. The highest BCUT2D eigenvalue weighted by molar-refractivity contribution is 6.28. The topological polar surface area (TPSA) is 68.2 Å². The highest BCUT2D eigenvalue weighted by Crippen LogP contribution is 2.33. The van der Waals surface area contributed by atoms with Gasteiger partial charge in [-0.15, -0.1) is 0 Å². The van der Waals surface area contributed by atoms with E-state index in [0.29, 0.717) is 40.4 Å². The van der Waals surface area contributed by atoms with Crippen molar-refractivity contribution in [2.24, 2.45) is 5.92 Å². The molecule has 1 aliphatic carbocycles. The number of carbonyl (C=O) groups excluding carboxylic acids is 2. The predicted octanol–water partition coefficient (Wildman–Crippen LogP) is 2.90. The number of dihydropyridines is 1. The van der Waals surface area contributed by atoms with Crippen LogP contribution in [0.3, 0.4) is 0 Å². The second-order valence-electron chi connectivity index (χ2n) is 7.11. The Morgan fingerprint density at radius 1 is 1.16 bits per heavy atom. The smallest absolute Gasteiger partial charge is 0.251 e. The summed E-state index contributed by atoms with van der Waals surface area (Å²) in [5.41, 5.74) is 2.71. The highest BCUT2D eigenvalue weighted by Gasteiger charge is 2.38. The van der Waals surface area contributed by atoms with Crippen molar-refractivity contribution in [2.45, 2.75) is 40.7 Å². The summed E-state index contributed by atoms with van der Waals surface area (Å²) in [6, 6.07) is 1.45. The summed E-state index contributed by atoms with van der Waals surface area (Å²) < 4.78 is 1.45. The number of hydrogen-bond acceptors (Lipinski definition) is 4. The van der Waals surface area contributed by atoms with E-state index in [1.807, 2.05) is 0 Å². The van der Waals surface area contributed by atoms with Crippen molar-refractivity contribution in [1.82, 2.24) is 9.88 Å². The van der Waals surface area contributed by atoms with Crippen molar-refractivity contribution in [3.05, 3.63) is 68.4 Å². The van der Waals surface area contributed by atoms with E-state index < -0.39 is 0 Å². The van der Waals surface area contributed by atoms with Gasteiger partial charge in [-0.25, -0.2) is 0 Å². The number of fused-ring (bicyclic) bond motifs is 1. The van der Waals surface area contributed by atoms with Gasteiger partial charge in [-0.1, -0.05) is 20.4 Å². The number of carbonyl (C=O) groups is 2. The Morgan fingerprint density at radius 2 is 1.84 bits per heavy atom. The third kappa shape index (κ3) is 2.69. The maximum absolute atomic E-state index is 13.2. The lowest BCUT2D eigenvalue weighted by Crippen LogP contribution is -2.39. The molecule has 2 heterocycles. The van der Waals surface area contributed by atoms with E-state index >= 15 is 0 Å². The zero-order valence-corrected chi connectivity index (χ0v) is 15.0. The third-order valence-corrected chi connectivity index (χ3v) is 4.65. The van der Waals surface area contributed by atoms with Crippen LogP contribution < -0.4 is 10.9 Å². The van der Waals surface area contributed by atoms with E-state index in [4.69, 9.17) is 0 Å². The largest absolute Gasteiger partial charge is 0.352 e. The first kappa shape index (κ1) is 17.1. The van der Waals surface area contributed by atoms with Gasteiger partial charge in [-0.2, -0.15) is 0 Å². The summed E-state index contributed by atoms with van der Waals surface area (Å²) in [7, 11) is 0. The molecule has 1 aromatic rings. The van der Waals surface area contributed by atoms with Gasteiger partial charge in [-0.05, 0) is 43.4 Å². The third-order valence-electron chi connectivity index (χ3n) is 4.65. The number of aromatic nitrogens is 1. The molecule has 25 heavy (non-hydrogen) atoms. The Labute approximate surface area is 146 Å². The molecule has 0 unspecified atom stereocenters. The SMILES string of the molecule is C=C1C=C(C)C2=C(N1)C(=O)c1c(c(C)cc(=O)n1CCC(C)C)C2=O. The number of ketones is 2. The fourth-order valence-electron chi connectivity index (χ4n) is 3.40. The van der Waals surface area contributed by atoms with Gasteiger partial charge in [0.05, 0.1) is 11.1 Å². The van der Waals surface area contributed by atoms with Gasteiger partial charge in [0, 0.05) is 18.3 Å². The number of allylic oxidation sites excluding steroid dienone is 4. The van der Waals surface area contributed by atoms with Crippen LogP contribution in [0.2, 0.25) is 0 Å². The molecule has 130 valence electrons. The number of Topliss-reactive ketones (excluding diaryl/α,β-unsaturated/α-hetero) is 2. The normalized spacial score (nSPS) is 16.7. The van der Waals surface area contributed by atoms with Gasteiger partial charge >= 0.3 is 0 Å². The fourth-order valence-corrected chi connectivity index (χ4v) is 3.40. The summed E-state index contributed by atoms with van der Waals surface area (Å²) in [5, 5.41) is 2.92. The molecule has 3 rings (SSSR count). The molecule has 0 saturated heterocycles. The van der Waals surface area contributed by atoms with Crippen molar-refractivity contribution in [1.29, 1.82) is 0 Å². The zero-order chi connectivity index (χ0) is 18.5. The molecule has 0 fully saturated rings. The lowest BCUT2D eigenvalue weighted by atomic mass is 9.82. The Morgan fingerprint density at radius 3 is 2.48 bits per heavy atom. The minimum absolute atomic E-state index is 0.199. The van der Waals surface area contributed by atoms with E-state index in [9.17, 15) is 14.4 Å². The second kappa shape index (κ2) is 5.99. The molecule has 0 radical (unpaired) electrons. The van der Waals surface area contributed by atoms with Crippen molar-refractivity contribution < 1.29 is 9.59 Å². The van der Waals surface area contributed by atoms with Crippen LogP contribution in [0.1, 0.15) is 53.6 Å². The van der Waals surface area contributed by atoms with E-state index in [1.54, 1.807) is 19.9 Å². The minimum atomic E-state index is -0.317. The summed E-state index contributed by atoms with van der Waals surface area (Å²) in [6.07, 6.45) is 2.50. The van der Waals surface area contributed by atoms with Crippen molar-refractivity contribution in [3.8, 4) is 0 Å². The van der Waals surface area contributed by atoms with Gasteiger partial charge in [0.15, 0.2) is 5.78 Å². The van der Waals surface area contributed by atoms with Crippen LogP contribution >= 0.6 is 0 Å². The molecule has 5 nitrogen and oxygen atoms in total. The first-order valence-electron chi connectivity index (χ1n) is 8.45. The first-order valence-corrected chi connectivity index (χ1v) is 8.45. The predicted molar refractivity (Wildman–Crippen MR) is 96.6 cm³/mol. The summed E-state index contributed by atoms with van der Waals surface area (Å²) in [5.74, 6) is -0.150. The van der Waals surface area contributed by atoms with E-state index in [-0.39, 0.29) is 28.5 Å². The summed E-state index contributed by atoms with van der Waals surface area (Å²) in [6.45, 7) is 11.9. The van der Waals surface area contributed by atoms with Crippen LogP contribution in [-0.2, 0) is 6.54 Å². The number of nitrogens with zero attached hydrogens (tertiary/aromatic N) is 1. The molecule has 2 aliphatic rings. The monoisotopic (exact) mass is 338 g/mol. The number of rotatable bonds is 3. The van der Waals surface area contributed by atoms with Gasteiger partial charge in [-0.3, -0.25) is 14.4 Å². The Balaban J connectivity index is 2.26. The van der Waals surface area contributed by atoms with Crippen LogP contribution in [-0.4, -0.2) is 16.1 Å². The number of aryl methyl sites for hydroxylation is 1. The van der Waals surface area contributed by atoms with Crippen LogP contribution in [0.25, 0.3) is 0 Å². The van der Waals surface area contributed by atoms with Crippen molar-refractivity contribution in [3.63, 3.8) is 0 Å². The molecule has 0 bridgehead atoms. The first-order chi connectivity index (χ1) is 11.7. The van der Waals surface area contributed by atoms with E-state index in [0.717, 1.165) is 6.42 Å². The van der Waals surface area contributed by atoms with Gasteiger partial charge in [0.25, 0.3) is 5.56 Å². The number of pyridine rings is 1. The van der Waals surface area contributed by atoms with Gasteiger partial charge in [0.2, 0.25) is 5.78 Å². The lowest BCUT2D eigenvalue weighted by molar-refractivity contribution is 0.0961. The molecule has 0 saturated carbocycles. The molecule has 1 aliphatic heterocycles. The molecule has 1 aromatic heterocycles. The van der Waals surface area contributed by atoms with Crippen molar-refractivity contribution in [2.75, 3.05) is 0 Å². The molecule has 0 aromatic carbocycles. The van der Waals surface area contributed by atoms with E-state index in [2.05, 4.69) is 25.7 Å². The number of hydrogen-bond donors (Lipinski definition) is 1. The van der Waals surface area contributed by atoms with Crippen molar-refractivity contribution >= 4 is 11.6 Å². The fraction of sp³-hybridized carbons (Fsp3) is 0.350. The quantitative estimate of drug-likeness (QED) is 0.920. The maximum Gasteiger partial charge on any atom is 0.251 e. The maximum atomic E-state index is 13.2. The van der Waals surface area contributed by atoms with Crippen LogP contribution in [0.5, 0.6) is 0 Å². The Kier molecular flexibility index (Phi) is 4.11. The van der Waals surface area contributed by atoms with Gasteiger partial charge < -0.3 is 9.88 Å². The molecular weight excluding hydrogens is 316 g/mol. The molecule has 0 atom stereocenters. The Hall–Kier alpha value is -2.69. The zero-order valence-electron chi connectivity index (χ0n) is 15.0. The van der Waals surface area contributed by atoms with E-state index in [1.165, 1.54) is 10.6 Å². The summed E-state index contributed by atoms with van der Waals surface area (Å²) in [4.78, 5) is 38.8. The van der Waals surface area contributed by atoms with Gasteiger partial charge in [0.1, 0.15) is 11.4 Å². The average molecular weight is 338 g/mol. The van der Waals surface area contributed by atoms with Crippen LogP contribution in [0, 0.1) is 12.8 Å². The molecule has 1 N–H and O–H groups in total. The lowest BCUT2D eigenvalue weighted by Gasteiger charge is -2.28. The highest BCUT2D eigenvalue weighted by atomic mass is 16.1.